The zero-order valence-electron chi connectivity index (χ0n) is 13.0. The molecule has 0 fully saturated rings. The minimum Gasteiger partial charge on any atom is -0.508 e. The Balaban J connectivity index is 2.18. The molecule has 1 aromatic heterocycles. The maximum absolute atomic E-state index is 12.5. The number of benzene rings is 2. The molecule has 0 aliphatic rings. The van der Waals surface area contributed by atoms with Crippen LogP contribution in [0, 0.1) is 0 Å². The Hall–Kier alpha value is -3.35. The fourth-order valence-corrected chi connectivity index (χ4v) is 2.35. The van der Waals surface area contributed by atoms with Gasteiger partial charge in [-0.05, 0) is 24.3 Å². The summed E-state index contributed by atoms with van der Waals surface area (Å²) in [6.07, 6.45) is 0. The smallest absolute Gasteiger partial charge is 0.262 e. The molecule has 122 valence electrons. The largest absolute Gasteiger partial charge is 0.508 e. The van der Waals surface area contributed by atoms with Gasteiger partial charge in [0.25, 0.3) is 5.56 Å². The van der Waals surface area contributed by atoms with Crippen molar-refractivity contribution in [3.8, 4) is 17.2 Å². The number of phenols is 1. The third-order valence-corrected chi connectivity index (χ3v) is 3.55. The standard InChI is InChI=1S/C17H14N2O5/c1-23-11-7-12-14(13(8-11)24-2)17(22)19-16(18-12)15(21)9-3-5-10(20)6-4-9/h3-8,20H,1-2H3,(H,18,19,22). The van der Waals surface area contributed by atoms with Crippen molar-refractivity contribution in [3.05, 3.63) is 58.1 Å². The normalized spacial score (nSPS) is 10.6. The van der Waals surface area contributed by atoms with Gasteiger partial charge >= 0.3 is 0 Å². The molecule has 24 heavy (non-hydrogen) atoms. The van der Waals surface area contributed by atoms with Gasteiger partial charge in [-0.2, -0.15) is 0 Å². The Morgan fingerprint density at radius 2 is 1.83 bits per heavy atom. The van der Waals surface area contributed by atoms with Crippen molar-refractivity contribution in [2.24, 2.45) is 0 Å². The number of H-pyrrole nitrogens is 1. The molecule has 0 aliphatic heterocycles. The Labute approximate surface area is 136 Å². The number of methoxy groups -OCH3 is 2. The van der Waals surface area contributed by atoms with Crippen molar-refractivity contribution in [2.45, 2.75) is 0 Å². The first kappa shape index (κ1) is 15.5. The molecule has 3 rings (SSSR count). The Morgan fingerprint density at radius 3 is 2.46 bits per heavy atom. The monoisotopic (exact) mass is 326 g/mol. The van der Waals surface area contributed by atoms with Gasteiger partial charge in [0.15, 0.2) is 5.82 Å². The van der Waals surface area contributed by atoms with E-state index < -0.39 is 11.3 Å². The molecular formula is C17H14N2O5. The average molecular weight is 326 g/mol. The van der Waals surface area contributed by atoms with Gasteiger partial charge in [-0.25, -0.2) is 4.98 Å². The number of rotatable bonds is 4. The lowest BCUT2D eigenvalue weighted by Crippen LogP contribution is -2.17. The van der Waals surface area contributed by atoms with Crippen LogP contribution in [0.25, 0.3) is 10.9 Å². The number of nitrogens with zero attached hydrogens (tertiary/aromatic N) is 1. The highest BCUT2D eigenvalue weighted by molar-refractivity contribution is 6.07. The van der Waals surface area contributed by atoms with Gasteiger partial charge in [-0.15, -0.1) is 0 Å². The Morgan fingerprint density at radius 1 is 1.12 bits per heavy atom. The number of ketones is 1. The Kier molecular flexibility index (Phi) is 3.91. The molecule has 3 aromatic rings. The minimum absolute atomic E-state index is 0.0426. The fourth-order valence-electron chi connectivity index (χ4n) is 2.35. The van der Waals surface area contributed by atoms with Crippen LogP contribution in [-0.4, -0.2) is 35.1 Å². The highest BCUT2D eigenvalue weighted by atomic mass is 16.5. The zero-order chi connectivity index (χ0) is 17.3. The second kappa shape index (κ2) is 6.04. The number of carbonyl (C=O) groups excluding carboxylic acids is 1. The minimum atomic E-state index is -0.485. The van der Waals surface area contributed by atoms with Crippen molar-refractivity contribution < 1.29 is 19.4 Å². The van der Waals surface area contributed by atoms with E-state index in [-0.39, 0.29) is 22.5 Å². The third-order valence-electron chi connectivity index (χ3n) is 3.55. The van der Waals surface area contributed by atoms with Crippen molar-refractivity contribution in [1.29, 1.82) is 0 Å². The summed E-state index contributed by atoms with van der Waals surface area (Å²) in [5, 5.41) is 9.53. The number of carbonyl (C=O) groups is 1. The van der Waals surface area contributed by atoms with E-state index in [1.165, 1.54) is 38.5 Å². The summed E-state index contributed by atoms with van der Waals surface area (Å²) in [6.45, 7) is 0. The number of phenolic OH excluding ortho intramolecular Hbond substituents is 1. The van der Waals surface area contributed by atoms with E-state index in [9.17, 15) is 14.7 Å². The first-order valence-corrected chi connectivity index (χ1v) is 7.03. The van der Waals surface area contributed by atoms with Crippen LogP contribution >= 0.6 is 0 Å². The van der Waals surface area contributed by atoms with Crippen LogP contribution in [0.3, 0.4) is 0 Å². The topological polar surface area (TPSA) is 102 Å². The van der Waals surface area contributed by atoms with Crippen LogP contribution in [0.2, 0.25) is 0 Å². The van der Waals surface area contributed by atoms with Crippen LogP contribution < -0.4 is 15.0 Å². The van der Waals surface area contributed by atoms with Crippen LogP contribution in [0.4, 0.5) is 0 Å². The number of aromatic hydroxyl groups is 1. The zero-order valence-corrected chi connectivity index (χ0v) is 13.0. The van der Waals surface area contributed by atoms with E-state index >= 15 is 0 Å². The number of ether oxygens (including phenoxy) is 2. The molecular weight excluding hydrogens is 312 g/mol. The molecule has 2 N–H and O–H groups in total. The number of aromatic nitrogens is 2. The van der Waals surface area contributed by atoms with Crippen LogP contribution in [0.15, 0.2) is 41.2 Å². The first-order chi connectivity index (χ1) is 11.5. The SMILES string of the molecule is COc1cc(OC)c2c(=O)[nH]c(C(=O)c3ccc(O)cc3)nc2c1. The van der Waals surface area contributed by atoms with Crippen molar-refractivity contribution in [3.63, 3.8) is 0 Å². The molecule has 0 saturated heterocycles. The van der Waals surface area contributed by atoms with E-state index in [1.807, 2.05) is 0 Å². The summed E-state index contributed by atoms with van der Waals surface area (Å²) < 4.78 is 10.4. The van der Waals surface area contributed by atoms with Crippen LogP contribution in [0.1, 0.15) is 16.2 Å². The van der Waals surface area contributed by atoms with Crippen molar-refractivity contribution >= 4 is 16.7 Å². The third kappa shape index (κ3) is 2.67. The summed E-state index contributed by atoms with van der Waals surface area (Å²) in [5.74, 6) is 0.243. The maximum Gasteiger partial charge on any atom is 0.262 e. The summed E-state index contributed by atoms with van der Waals surface area (Å²) in [6, 6.07) is 8.81. The van der Waals surface area contributed by atoms with Gasteiger partial charge < -0.3 is 19.6 Å². The number of fused-ring (bicyclic) bond motifs is 1. The lowest BCUT2D eigenvalue weighted by Gasteiger charge is -2.09. The van der Waals surface area contributed by atoms with Crippen molar-refractivity contribution in [2.75, 3.05) is 14.2 Å². The quantitative estimate of drug-likeness (QED) is 0.710. The van der Waals surface area contributed by atoms with E-state index in [2.05, 4.69) is 9.97 Å². The average Bonchev–Trinajstić information content (AvgIpc) is 2.60. The molecule has 7 heteroatoms. The summed E-state index contributed by atoms with van der Waals surface area (Å²) >= 11 is 0. The molecule has 0 radical (unpaired) electrons. The highest BCUT2D eigenvalue weighted by Crippen LogP contribution is 2.27. The molecule has 0 spiro atoms. The van der Waals surface area contributed by atoms with Gasteiger partial charge in [0.05, 0.1) is 19.7 Å². The van der Waals surface area contributed by atoms with Gasteiger partial charge in [0.1, 0.15) is 22.6 Å². The molecule has 0 saturated carbocycles. The molecule has 0 atom stereocenters. The van der Waals surface area contributed by atoms with E-state index in [0.717, 1.165) is 0 Å². The molecule has 0 amide bonds. The van der Waals surface area contributed by atoms with Crippen molar-refractivity contribution in [1.82, 2.24) is 9.97 Å². The lowest BCUT2D eigenvalue weighted by molar-refractivity contribution is 0.102. The van der Waals surface area contributed by atoms with E-state index in [0.29, 0.717) is 17.1 Å². The number of nitrogens with one attached hydrogen (secondary N) is 1. The van der Waals surface area contributed by atoms with Gasteiger partial charge in [-0.1, -0.05) is 0 Å². The van der Waals surface area contributed by atoms with Gasteiger partial charge in [0.2, 0.25) is 5.78 Å². The van der Waals surface area contributed by atoms with E-state index in [1.54, 1.807) is 12.1 Å². The molecule has 2 aromatic carbocycles. The Bertz CT molecular complexity index is 977. The summed E-state index contributed by atoms with van der Waals surface area (Å²) in [4.78, 5) is 31.5. The van der Waals surface area contributed by atoms with Crippen LogP contribution in [0.5, 0.6) is 17.2 Å². The highest BCUT2D eigenvalue weighted by Gasteiger charge is 2.17. The van der Waals surface area contributed by atoms with Gasteiger partial charge in [0, 0.05) is 17.7 Å². The second-order valence-corrected chi connectivity index (χ2v) is 5.01. The molecule has 0 aliphatic carbocycles. The van der Waals surface area contributed by atoms with E-state index in [4.69, 9.17) is 9.47 Å². The number of hydrogen-bond acceptors (Lipinski definition) is 6. The number of aromatic amines is 1. The first-order valence-electron chi connectivity index (χ1n) is 7.03. The maximum atomic E-state index is 12.5. The molecule has 1 heterocycles. The summed E-state index contributed by atoms with van der Waals surface area (Å²) in [7, 11) is 2.92. The predicted octanol–water partition coefficient (Wildman–Crippen LogP) is 1.88. The van der Waals surface area contributed by atoms with Gasteiger partial charge in [-0.3, -0.25) is 9.59 Å². The second-order valence-electron chi connectivity index (χ2n) is 5.01. The molecule has 0 unspecified atom stereocenters. The predicted molar refractivity (Wildman–Crippen MR) is 87.0 cm³/mol. The van der Waals surface area contributed by atoms with Crippen LogP contribution in [-0.2, 0) is 0 Å². The lowest BCUT2D eigenvalue weighted by atomic mass is 10.1. The molecule has 0 bridgehead atoms. The molecule has 7 nitrogen and oxygen atoms in total. The fraction of sp³-hybridized carbons (Fsp3) is 0.118. The summed E-state index contributed by atoms with van der Waals surface area (Å²) in [5.41, 5.74) is 0.101. The number of hydrogen-bond donors (Lipinski definition) is 2.